The summed E-state index contributed by atoms with van der Waals surface area (Å²) in [4.78, 5) is 17.6. The zero-order valence-corrected chi connectivity index (χ0v) is 12.0. The molecule has 2 rings (SSSR count). The number of ketones is 1. The van der Waals surface area contributed by atoms with E-state index in [9.17, 15) is 4.79 Å². The standard InChI is InChI=1S/C14H16N2O2S/c1-14(2,18-3)13(17)12(16-7-6-15-10-16)9-11-5-4-8-19-11/h4-10H,1-3H3/b12-9+. The van der Waals surface area contributed by atoms with E-state index >= 15 is 0 Å². The summed E-state index contributed by atoms with van der Waals surface area (Å²) in [5, 5.41) is 1.98. The second kappa shape index (κ2) is 5.50. The van der Waals surface area contributed by atoms with Gasteiger partial charge in [0.25, 0.3) is 0 Å². The average molecular weight is 276 g/mol. The fourth-order valence-corrected chi connectivity index (χ4v) is 2.22. The molecule has 0 aliphatic rings. The van der Waals surface area contributed by atoms with Crippen LogP contribution in [0.1, 0.15) is 18.7 Å². The van der Waals surface area contributed by atoms with Gasteiger partial charge < -0.3 is 9.30 Å². The Morgan fingerprint density at radius 3 is 2.84 bits per heavy atom. The van der Waals surface area contributed by atoms with Crippen LogP contribution in [0, 0.1) is 0 Å². The van der Waals surface area contributed by atoms with E-state index in [0.29, 0.717) is 5.70 Å². The molecule has 0 bridgehead atoms. The van der Waals surface area contributed by atoms with Gasteiger partial charge in [-0.05, 0) is 31.4 Å². The number of carbonyl (C=O) groups excluding carboxylic acids is 1. The predicted octanol–water partition coefficient (Wildman–Crippen LogP) is 2.94. The first kappa shape index (κ1) is 13.7. The fraction of sp³-hybridized carbons (Fsp3) is 0.286. The number of methoxy groups -OCH3 is 1. The molecule has 2 heterocycles. The number of Topliss-reactive ketones (excluding diaryl/α,β-unsaturated/α-hetero) is 1. The molecular weight excluding hydrogens is 260 g/mol. The normalized spacial score (nSPS) is 12.7. The van der Waals surface area contributed by atoms with Gasteiger partial charge in [0.15, 0.2) is 0 Å². The summed E-state index contributed by atoms with van der Waals surface area (Å²) in [6.07, 6.45) is 6.87. The van der Waals surface area contributed by atoms with Gasteiger partial charge in [-0.2, -0.15) is 0 Å². The number of carbonyl (C=O) groups is 1. The molecule has 0 radical (unpaired) electrons. The monoisotopic (exact) mass is 276 g/mol. The van der Waals surface area contributed by atoms with E-state index < -0.39 is 5.60 Å². The summed E-state index contributed by atoms with van der Waals surface area (Å²) in [7, 11) is 1.54. The molecule has 5 heteroatoms. The van der Waals surface area contributed by atoms with E-state index in [0.717, 1.165) is 4.88 Å². The van der Waals surface area contributed by atoms with Gasteiger partial charge in [-0.3, -0.25) is 4.79 Å². The summed E-state index contributed by atoms with van der Waals surface area (Å²) in [6, 6.07) is 3.92. The molecule has 0 N–H and O–H groups in total. The Balaban J connectivity index is 2.45. The lowest BCUT2D eigenvalue weighted by Crippen LogP contribution is -2.35. The van der Waals surface area contributed by atoms with Crippen LogP contribution >= 0.6 is 11.3 Å². The molecule has 0 aromatic carbocycles. The highest BCUT2D eigenvalue weighted by molar-refractivity contribution is 7.10. The van der Waals surface area contributed by atoms with Gasteiger partial charge in [-0.15, -0.1) is 11.3 Å². The molecule has 0 aliphatic heterocycles. The van der Waals surface area contributed by atoms with Crippen molar-refractivity contribution < 1.29 is 9.53 Å². The van der Waals surface area contributed by atoms with Crippen molar-refractivity contribution in [2.24, 2.45) is 0 Å². The highest BCUT2D eigenvalue weighted by Crippen LogP contribution is 2.22. The molecule has 0 saturated carbocycles. The summed E-state index contributed by atoms with van der Waals surface area (Å²) >= 11 is 1.58. The minimum atomic E-state index is -0.868. The van der Waals surface area contributed by atoms with Crippen molar-refractivity contribution in [2.75, 3.05) is 7.11 Å². The first-order valence-electron chi connectivity index (χ1n) is 5.88. The Kier molecular flexibility index (Phi) is 3.97. The van der Waals surface area contributed by atoms with Crippen molar-refractivity contribution in [3.63, 3.8) is 0 Å². The van der Waals surface area contributed by atoms with Crippen molar-refractivity contribution in [1.29, 1.82) is 0 Å². The third-order valence-electron chi connectivity index (χ3n) is 2.89. The Morgan fingerprint density at radius 2 is 2.32 bits per heavy atom. The molecule has 0 atom stereocenters. The average Bonchev–Trinajstić information content (AvgIpc) is 3.07. The molecule has 0 amide bonds. The van der Waals surface area contributed by atoms with Crippen LogP contribution < -0.4 is 0 Å². The second-order valence-electron chi connectivity index (χ2n) is 4.56. The maximum atomic E-state index is 12.6. The minimum Gasteiger partial charge on any atom is -0.371 e. The molecular formula is C14H16N2O2S. The van der Waals surface area contributed by atoms with Crippen LogP contribution in [0.5, 0.6) is 0 Å². The van der Waals surface area contributed by atoms with E-state index in [1.165, 1.54) is 7.11 Å². The van der Waals surface area contributed by atoms with Crippen molar-refractivity contribution in [1.82, 2.24) is 9.55 Å². The van der Waals surface area contributed by atoms with Crippen LogP contribution in [0.25, 0.3) is 11.8 Å². The van der Waals surface area contributed by atoms with Gasteiger partial charge in [0.2, 0.25) is 5.78 Å². The lowest BCUT2D eigenvalue weighted by Gasteiger charge is -2.23. The number of ether oxygens (including phenoxy) is 1. The molecule has 0 saturated heterocycles. The van der Waals surface area contributed by atoms with Gasteiger partial charge >= 0.3 is 0 Å². The topological polar surface area (TPSA) is 44.1 Å². The maximum Gasteiger partial charge on any atom is 0.210 e. The molecule has 2 aromatic rings. The summed E-state index contributed by atoms with van der Waals surface area (Å²) in [5.74, 6) is -0.0820. The second-order valence-corrected chi connectivity index (χ2v) is 5.54. The number of thiophene rings is 1. The van der Waals surface area contributed by atoms with Crippen molar-refractivity contribution in [3.05, 3.63) is 41.1 Å². The quantitative estimate of drug-likeness (QED) is 0.789. The van der Waals surface area contributed by atoms with Crippen LogP contribution in [0.2, 0.25) is 0 Å². The van der Waals surface area contributed by atoms with Gasteiger partial charge in [-0.1, -0.05) is 6.07 Å². The third-order valence-corrected chi connectivity index (χ3v) is 3.71. The number of rotatable bonds is 5. The largest absolute Gasteiger partial charge is 0.371 e. The molecule has 19 heavy (non-hydrogen) atoms. The summed E-state index contributed by atoms with van der Waals surface area (Å²) in [5.41, 5.74) is -0.320. The zero-order chi connectivity index (χ0) is 13.9. The zero-order valence-electron chi connectivity index (χ0n) is 11.2. The van der Waals surface area contributed by atoms with Crippen LogP contribution in [-0.2, 0) is 9.53 Å². The van der Waals surface area contributed by atoms with Gasteiger partial charge in [0.05, 0.1) is 12.0 Å². The van der Waals surface area contributed by atoms with Gasteiger partial charge in [0, 0.05) is 24.4 Å². The van der Waals surface area contributed by atoms with E-state index in [4.69, 9.17) is 4.74 Å². The number of nitrogens with zero attached hydrogens (tertiary/aromatic N) is 2. The van der Waals surface area contributed by atoms with Crippen molar-refractivity contribution in [3.8, 4) is 0 Å². The Hall–Kier alpha value is -1.72. The Morgan fingerprint density at radius 1 is 1.53 bits per heavy atom. The summed E-state index contributed by atoms with van der Waals surface area (Å²) in [6.45, 7) is 3.52. The van der Waals surface area contributed by atoms with Crippen molar-refractivity contribution >= 4 is 28.9 Å². The number of aromatic nitrogens is 2. The maximum absolute atomic E-state index is 12.6. The van der Waals surface area contributed by atoms with Crippen molar-refractivity contribution in [2.45, 2.75) is 19.4 Å². The highest BCUT2D eigenvalue weighted by atomic mass is 32.1. The van der Waals surface area contributed by atoms with E-state index in [-0.39, 0.29) is 5.78 Å². The molecule has 0 spiro atoms. The SMILES string of the molecule is COC(C)(C)C(=O)/C(=C\c1cccs1)n1ccnc1. The lowest BCUT2D eigenvalue weighted by molar-refractivity contribution is -0.131. The molecule has 0 fully saturated rings. The third kappa shape index (κ3) is 3.00. The molecule has 0 aliphatic carbocycles. The van der Waals surface area contributed by atoms with E-state index in [1.54, 1.807) is 48.5 Å². The highest BCUT2D eigenvalue weighted by Gasteiger charge is 2.30. The Bertz CT molecular complexity index is 569. The van der Waals surface area contributed by atoms with Gasteiger partial charge in [-0.25, -0.2) is 4.98 Å². The smallest absolute Gasteiger partial charge is 0.210 e. The van der Waals surface area contributed by atoms with Crippen LogP contribution in [0.3, 0.4) is 0 Å². The minimum absolute atomic E-state index is 0.0820. The van der Waals surface area contributed by atoms with Crippen LogP contribution in [-0.4, -0.2) is 28.0 Å². The molecule has 0 unspecified atom stereocenters. The Labute approximate surface area is 116 Å². The predicted molar refractivity (Wildman–Crippen MR) is 76.8 cm³/mol. The lowest BCUT2D eigenvalue weighted by atomic mass is 10.00. The first-order valence-corrected chi connectivity index (χ1v) is 6.76. The van der Waals surface area contributed by atoms with E-state index in [1.807, 2.05) is 23.6 Å². The first-order chi connectivity index (χ1) is 9.04. The number of imidazole rings is 1. The fourth-order valence-electron chi connectivity index (χ4n) is 1.57. The van der Waals surface area contributed by atoms with Crippen LogP contribution in [0.4, 0.5) is 0 Å². The summed E-state index contributed by atoms with van der Waals surface area (Å²) < 4.78 is 6.99. The molecule has 4 nitrogen and oxygen atoms in total. The van der Waals surface area contributed by atoms with E-state index in [2.05, 4.69) is 4.98 Å². The molecule has 2 aromatic heterocycles. The number of hydrogen-bond donors (Lipinski definition) is 0. The molecule has 100 valence electrons. The van der Waals surface area contributed by atoms with Gasteiger partial charge in [0.1, 0.15) is 5.60 Å². The number of hydrogen-bond acceptors (Lipinski definition) is 4. The van der Waals surface area contributed by atoms with Crippen LogP contribution in [0.15, 0.2) is 36.2 Å².